The smallest absolute Gasteiger partial charge is 0.231 e. The number of fused-ring (bicyclic) bond motifs is 1. The highest BCUT2D eigenvalue weighted by Crippen LogP contribution is 2.34. The lowest BCUT2D eigenvalue weighted by Crippen LogP contribution is -1.92. The molecule has 2 aromatic carbocycles. The fourth-order valence-corrected chi connectivity index (χ4v) is 2.51. The molecule has 2 aromatic rings. The Morgan fingerprint density at radius 3 is 2.76 bits per heavy atom. The van der Waals surface area contributed by atoms with Gasteiger partial charge in [-0.25, -0.2) is 0 Å². The number of hydrogen-bond donors (Lipinski definition) is 0. The largest absolute Gasteiger partial charge is 0.454 e. The summed E-state index contributed by atoms with van der Waals surface area (Å²) in [6.07, 6.45) is 1.86. The second kappa shape index (κ2) is 5.63. The van der Waals surface area contributed by atoms with Crippen molar-refractivity contribution in [2.24, 2.45) is 0 Å². The van der Waals surface area contributed by atoms with E-state index in [0.29, 0.717) is 17.1 Å². The molecule has 0 radical (unpaired) electrons. The molecule has 0 spiro atoms. The van der Waals surface area contributed by atoms with E-state index in [9.17, 15) is 5.26 Å². The summed E-state index contributed by atoms with van der Waals surface area (Å²) in [7, 11) is 0. The minimum atomic E-state index is 0.231. The quantitative estimate of drug-likeness (QED) is 0.594. The van der Waals surface area contributed by atoms with Gasteiger partial charge in [-0.05, 0) is 54.0 Å². The average Bonchev–Trinajstić information content (AvgIpc) is 2.95. The number of hydrogen-bond acceptors (Lipinski definition) is 3. The summed E-state index contributed by atoms with van der Waals surface area (Å²) < 4.78 is 11.7. The molecule has 3 rings (SSSR count). The Balaban J connectivity index is 2.00. The standard InChI is InChI=1S/C17H12BrNO2/c1-11-2-3-12(7-15(11)18)6-14(9-19)13-4-5-16-17(8-13)21-10-20-16/h2-8H,10H2,1H3/b14-6-. The minimum absolute atomic E-state index is 0.231. The zero-order valence-corrected chi connectivity index (χ0v) is 13.0. The molecule has 0 saturated carbocycles. The van der Waals surface area contributed by atoms with Crippen LogP contribution >= 0.6 is 15.9 Å². The Morgan fingerprint density at radius 2 is 2.00 bits per heavy atom. The molecule has 0 unspecified atom stereocenters. The normalized spacial score (nSPS) is 13.1. The molecule has 1 aliphatic rings. The summed E-state index contributed by atoms with van der Waals surface area (Å²) in [5, 5.41) is 9.41. The van der Waals surface area contributed by atoms with Crippen molar-refractivity contribution >= 4 is 27.6 Å². The second-order valence-electron chi connectivity index (χ2n) is 4.75. The molecule has 0 fully saturated rings. The molecule has 0 saturated heterocycles. The number of halogens is 1. The predicted molar refractivity (Wildman–Crippen MR) is 84.9 cm³/mol. The summed E-state index contributed by atoms with van der Waals surface area (Å²) >= 11 is 3.51. The van der Waals surface area contributed by atoms with Crippen molar-refractivity contribution < 1.29 is 9.47 Å². The van der Waals surface area contributed by atoms with Crippen molar-refractivity contribution in [2.75, 3.05) is 6.79 Å². The molecule has 0 N–H and O–H groups in total. The van der Waals surface area contributed by atoms with Crippen LogP contribution in [0.5, 0.6) is 11.5 Å². The van der Waals surface area contributed by atoms with Crippen molar-refractivity contribution in [1.29, 1.82) is 5.26 Å². The van der Waals surface area contributed by atoms with E-state index >= 15 is 0 Å². The molecule has 21 heavy (non-hydrogen) atoms. The average molecular weight is 342 g/mol. The van der Waals surface area contributed by atoms with Crippen LogP contribution in [-0.2, 0) is 0 Å². The first-order valence-electron chi connectivity index (χ1n) is 6.45. The van der Waals surface area contributed by atoms with Gasteiger partial charge in [0.2, 0.25) is 6.79 Å². The highest BCUT2D eigenvalue weighted by atomic mass is 79.9. The summed E-state index contributed by atoms with van der Waals surface area (Å²) in [4.78, 5) is 0. The molecule has 1 aliphatic heterocycles. The van der Waals surface area contributed by atoms with Gasteiger partial charge in [0, 0.05) is 4.47 Å². The Kier molecular flexibility index (Phi) is 3.68. The number of rotatable bonds is 2. The van der Waals surface area contributed by atoms with Crippen molar-refractivity contribution in [3.8, 4) is 17.6 Å². The first-order chi connectivity index (χ1) is 10.2. The monoisotopic (exact) mass is 341 g/mol. The summed E-state index contributed by atoms with van der Waals surface area (Å²) in [6.45, 7) is 2.26. The maximum Gasteiger partial charge on any atom is 0.231 e. The van der Waals surface area contributed by atoms with Gasteiger partial charge in [-0.3, -0.25) is 0 Å². The fraction of sp³-hybridized carbons (Fsp3) is 0.118. The highest BCUT2D eigenvalue weighted by molar-refractivity contribution is 9.10. The molecule has 0 amide bonds. The van der Waals surface area contributed by atoms with Crippen LogP contribution in [-0.4, -0.2) is 6.79 Å². The minimum Gasteiger partial charge on any atom is -0.454 e. The summed E-state index contributed by atoms with van der Waals surface area (Å²) in [6, 6.07) is 13.8. The van der Waals surface area contributed by atoms with Gasteiger partial charge in [-0.15, -0.1) is 0 Å². The summed E-state index contributed by atoms with van der Waals surface area (Å²) in [5.41, 5.74) is 3.54. The molecule has 4 heteroatoms. The molecule has 0 aliphatic carbocycles. The Bertz CT molecular complexity index is 775. The van der Waals surface area contributed by atoms with Gasteiger partial charge in [0.05, 0.1) is 11.6 Å². The van der Waals surface area contributed by atoms with E-state index in [4.69, 9.17) is 9.47 Å². The maximum absolute atomic E-state index is 9.41. The van der Waals surface area contributed by atoms with Crippen LogP contribution in [0.3, 0.4) is 0 Å². The van der Waals surface area contributed by atoms with Crippen LogP contribution in [0.25, 0.3) is 11.6 Å². The zero-order valence-electron chi connectivity index (χ0n) is 11.4. The third kappa shape index (κ3) is 2.79. The lowest BCUT2D eigenvalue weighted by molar-refractivity contribution is 0.174. The van der Waals surface area contributed by atoms with Crippen molar-refractivity contribution in [3.05, 3.63) is 57.6 Å². The van der Waals surface area contributed by atoms with E-state index in [1.165, 1.54) is 0 Å². The fourth-order valence-electron chi connectivity index (χ4n) is 2.11. The highest BCUT2D eigenvalue weighted by Gasteiger charge is 2.14. The van der Waals surface area contributed by atoms with Gasteiger partial charge < -0.3 is 9.47 Å². The lowest BCUT2D eigenvalue weighted by Gasteiger charge is -2.03. The Hall–Kier alpha value is -2.25. The second-order valence-corrected chi connectivity index (χ2v) is 5.60. The first kappa shape index (κ1) is 13.7. The summed E-state index contributed by atoms with van der Waals surface area (Å²) in [5.74, 6) is 1.40. The van der Waals surface area contributed by atoms with Gasteiger partial charge in [0.1, 0.15) is 0 Å². The first-order valence-corrected chi connectivity index (χ1v) is 7.24. The third-order valence-corrected chi connectivity index (χ3v) is 4.17. The maximum atomic E-state index is 9.41. The van der Waals surface area contributed by atoms with Crippen LogP contribution in [0.4, 0.5) is 0 Å². The van der Waals surface area contributed by atoms with E-state index in [-0.39, 0.29) is 6.79 Å². The van der Waals surface area contributed by atoms with Gasteiger partial charge in [0.25, 0.3) is 0 Å². The van der Waals surface area contributed by atoms with Gasteiger partial charge >= 0.3 is 0 Å². The molecule has 0 bridgehead atoms. The number of nitriles is 1. The molecule has 1 heterocycles. The van der Waals surface area contributed by atoms with Crippen LogP contribution < -0.4 is 9.47 Å². The number of benzene rings is 2. The van der Waals surface area contributed by atoms with E-state index in [1.807, 2.05) is 49.4 Å². The van der Waals surface area contributed by atoms with Gasteiger partial charge in [-0.2, -0.15) is 5.26 Å². The lowest BCUT2D eigenvalue weighted by atomic mass is 10.0. The van der Waals surface area contributed by atoms with Crippen LogP contribution in [0.2, 0.25) is 0 Å². The van der Waals surface area contributed by atoms with Gasteiger partial charge in [0.15, 0.2) is 11.5 Å². The third-order valence-electron chi connectivity index (χ3n) is 3.31. The van der Waals surface area contributed by atoms with Crippen molar-refractivity contribution in [3.63, 3.8) is 0 Å². The van der Waals surface area contributed by atoms with E-state index < -0.39 is 0 Å². The SMILES string of the molecule is Cc1ccc(/C=C(/C#N)c2ccc3c(c2)OCO3)cc1Br. The zero-order chi connectivity index (χ0) is 14.8. The number of allylic oxidation sites excluding steroid dienone is 1. The van der Waals surface area contributed by atoms with Crippen LogP contribution in [0, 0.1) is 18.3 Å². The Labute approximate surface area is 131 Å². The molecule has 0 atom stereocenters. The van der Waals surface area contributed by atoms with Crippen molar-refractivity contribution in [1.82, 2.24) is 0 Å². The Morgan fingerprint density at radius 1 is 1.19 bits per heavy atom. The molecular formula is C17H12BrNO2. The van der Waals surface area contributed by atoms with Crippen LogP contribution in [0.15, 0.2) is 40.9 Å². The number of nitrogens with zero attached hydrogens (tertiary/aromatic N) is 1. The number of aryl methyl sites for hydroxylation is 1. The molecular weight excluding hydrogens is 330 g/mol. The van der Waals surface area contributed by atoms with E-state index in [1.54, 1.807) is 0 Å². The number of ether oxygens (including phenoxy) is 2. The predicted octanol–water partition coefficient (Wildman–Crippen LogP) is 4.55. The van der Waals surface area contributed by atoms with E-state index in [2.05, 4.69) is 22.0 Å². The van der Waals surface area contributed by atoms with Crippen LogP contribution in [0.1, 0.15) is 16.7 Å². The van der Waals surface area contributed by atoms with Gasteiger partial charge in [-0.1, -0.05) is 28.1 Å². The van der Waals surface area contributed by atoms with Crippen molar-refractivity contribution in [2.45, 2.75) is 6.92 Å². The van der Waals surface area contributed by atoms with E-state index in [0.717, 1.165) is 21.2 Å². The topological polar surface area (TPSA) is 42.2 Å². The molecule has 3 nitrogen and oxygen atoms in total. The molecule has 0 aromatic heterocycles. The molecule has 104 valence electrons.